The van der Waals surface area contributed by atoms with E-state index < -0.39 is 28.9 Å². The Morgan fingerprint density at radius 2 is 1.97 bits per heavy atom. The third kappa shape index (κ3) is 3.44. The van der Waals surface area contributed by atoms with Gasteiger partial charge in [0.25, 0.3) is 5.91 Å². The molecule has 2 aliphatic carbocycles. The van der Waals surface area contributed by atoms with E-state index in [1.807, 2.05) is 0 Å². The van der Waals surface area contributed by atoms with Gasteiger partial charge in [-0.2, -0.15) is 18.4 Å². The topological polar surface area (TPSA) is 94.4 Å². The lowest BCUT2D eigenvalue weighted by Gasteiger charge is -2.42. The van der Waals surface area contributed by atoms with Crippen molar-refractivity contribution >= 4 is 34.6 Å². The molecule has 1 spiro atoms. The van der Waals surface area contributed by atoms with Crippen LogP contribution in [0.15, 0.2) is 30.6 Å². The third-order valence-electron chi connectivity index (χ3n) is 7.68. The molecule has 2 aromatic rings. The highest BCUT2D eigenvalue weighted by atomic mass is 32.1. The predicted molar refractivity (Wildman–Crippen MR) is 126 cm³/mol. The summed E-state index contributed by atoms with van der Waals surface area (Å²) in [7, 11) is 0. The number of hydrogen-bond acceptors (Lipinski definition) is 7. The number of piperidine rings is 1. The number of rotatable bonds is 4. The van der Waals surface area contributed by atoms with Crippen molar-refractivity contribution in [2.45, 2.75) is 56.0 Å². The number of carbonyl (C=O) groups excluding carboxylic acids is 1. The number of anilines is 2. The van der Waals surface area contributed by atoms with Crippen LogP contribution < -0.4 is 19.9 Å². The summed E-state index contributed by atoms with van der Waals surface area (Å²) in [6, 6.07) is 6.21. The number of pyridine rings is 2. The Morgan fingerprint density at radius 1 is 1.19 bits per heavy atom. The lowest BCUT2D eigenvalue weighted by molar-refractivity contribution is -0.138. The van der Waals surface area contributed by atoms with Gasteiger partial charge in [-0.05, 0) is 56.5 Å². The number of nitriles is 1. The van der Waals surface area contributed by atoms with Crippen molar-refractivity contribution in [2.75, 3.05) is 16.3 Å². The van der Waals surface area contributed by atoms with Gasteiger partial charge in [0.1, 0.15) is 17.7 Å². The summed E-state index contributed by atoms with van der Waals surface area (Å²) >= 11 is 5.63. The summed E-state index contributed by atoms with van der Waals surface area (Å²) in [5, 5.41) is 12.6. The number of hydrogen-bond donors (Lipinski definition) is 1. The monoisotopic (exact) mass is 514 g/mol. The van der Waals surface area contributed by atoms with E-state index in [1.165, 1.54) is 6.07 Å². The first-order chi connectivity index (χ1) is 17.2. The van der Waals surface area contributed by atoms with E-state index in [2.05, 4.69) is 15.3 Å². The molecule has 4 heterocycles. The van der Waals surface area contributed by atoms with Crippen LogP contribution in [-0.2, 0) is 11.0 Å². The molecule has 2 bridgehead atoms. The van der Waals surface area contributed by atoms with Gasteiger partial charge in [-0.3, -0.25) is 9.69 Å². The zero-order valence-electron chi connectivity index (χ0n) is 19.0. The van der Waals surface area contributed by atoms with Gasteiger partial charge in [-0.1, -0.05) is 0 Å². The standard InChI is InChI=1S/C24H21F3N6O2S/c25-24(26,27)17-8-16(12-30-18(17)9-28)32-21(34)23(4-1-5-23)33(22(32)36)15-2-3-20(31-11-15)35-19-7-14-6-13(19)10-29-14/h2-3,8,11-14,19,29H,1,4-7,10H2. The number of fused-ring (bicyclic) bond motifs is 2. The first-order valence-corrected chi connectivity index (χ1v) is 12.1. The van der Waals surface area contributed by atoms with E-state index >= 15 is 0 Å². The zero-order valence-corrected chi connectivity index (χ0v) is 19.8. The maximum atomic E-state index is 13.6. The molecule has 12 heteroatoms. The Hall–Kier alpha value is -3.30. The third-order valence-corrected chi connectivity index (χ3v) is 8.05. The SMILES string of the molecule is N#Cc1ncc(N2C(=O)C3(CCC3)N(c3ccc(OC4CC5CC4CN5)nc3)C2=S)cc1C(F)(F)F. The molecule has 3 atom stereocenters. The van der Waals surface area contributed by atoms with Crippen LogP contribution in [0, 0.1) is 17.2 Å². The molecule has 6 rings (SSSR count). The molecule has 0 radical (unpaired) electrons. The van der Waals surface area contributed by atoms with Gasteiger partial charge in [-0.15, -0.1) is 0 Å². The molecule has 2 aromatic heterocycles. The summed E-state index contributed by atoms with van der Waals surface area (Å²) in [5.41, 5.74) is -2.51. The largest absolute Gasteiger partial charge is 0.474 e. The van der Waals surface area contributed by atoms with E-state index in [0.29, 0.717) is 36.4 Å². The minimum absolute atomic E-state index is 0.0500. The van der Waals surface area contributed by atoms with Gasteiger partial charge in [0.05, 0.1) is 29.3 Å². The second-order valence-corrected chi connectivity index (χ2v) is 10.1. The van der Waals surface area contributed by atoms with Crippen molar-refractivity contribution in [1.82, 2.24) is 15.3 Å². The maximum absolute atomic E-state index is 13.6. The Bertz CT molecular complexity index is 1290. The average Bonchev–Trinajstić information content (AvgIpc) is 3.50. The number of thiocarbonyl (C=S) groups is 1. The molecular weight excluding hydrogens is 493 g/mol. The molecule has 2 aliphatic heterocycles. The van der Waals surface area contributed by atoms with Crippen LogP contribution in [-0.4, -0.2) is 45.2 Å². The second kappa shape index (κ2) is 8.11. The van der Waals surface area contributed by atoms with Gasteiger partial charge in [0.15, 0.2) is 10.8 Å². The predicted octanol–water partition coefficient (Wildman–Crippen LogP) is 3.56. The highest BCUT2D eigenvalue weighted by Gasteiger charge is 2.60. The number of nitrogens with zero attached hydrogens (tertiary/aromatic N) is 5. The quantitative estimate of drug-likeness (QED) is 0.620. The smallest absolute Gasteiger partial charge is 0.419 e. The molecule has 8 nitrogen and oxygen atoms in total. The lowest BCUT2D eigenvalue weighted by Crippen LogP contribution is -2.55. The molecular formula is C24H21F3N6O2S. The van der Waals surface area contributed by atoms with Crippen molar-refractivity contribution in [3.8, 4) is 11.9 Å². The van der Waals surface area contributed by atoms with Crippen LogP contribution in [0.25, 0.3) is 0 Å². The fraction of sp³-hybridized carbons (Fsp3) is 0.458. The summed E-state index contributed by atoms with van der Waals surface area (Å²) in [5.74, 6) is 0.543. The molecule has 4 aliphatic rings. The molecule has 2 saturated heterocycles. The summed E-state index contributed by atoms with van der Waals surface area (Å²) < 4.78 is 46.7. The molecule has 1 N–H and O–H groups in total. The summed E-state index contributed by atoms with van der Waals surface area (Å²) in [4.78, 5) is 24.4. The highest BCUT2D eigenvalue weighted by Crippen LogP contribution is 2.48. The maximum Gasteiger partial charge on any atom is 0.419 e. The summed E-state index contributed by atoms with van der Waals surface area (Å²) in [6.07, 6.45) is 1.82. The normalized spacial score (nSPS) is 26.4. The van der Waals surface area contributed by atoms with Crippen molar-refractivity contribution in [3.63, 3.8) is 0 Å². The van der Waals surface area contributed by atoms with Crippen LogP contribution in [0.1, 0.15) is 43.4 Å². The number of halogens is 3. The van der Waals surface area contributed by atoms with Crippen LogP contribution in [0.2, 0.25) is 0 Å². The van der Waals surface area contributed by atoms with E-state index in [9.17, 15) is 18.0 Å². The molecule has 186 valence electrons. The van der Waals surface area contributed by atoms with Crippen LogP contribution >= 0.6 is 12.2 Å². The van der Waals surface area contributed by atoms with Gasteiger partial charge in [0.2, 0.25) is 5.88 Å². The Morgan fingerprint density at radius 3 is 2.53 bits per heavy atom. The molecule has 0 aromatic carbocycles. The van der Waals surface area contributed by atoms with Gasteiger partial charge in [-0.25, -0.2) is 9.97 Å². The number of nitrogens with one attached hydrogen (secondary N) is 1. The minimum Gasteiger partial charge on any atom is -0.474 e. The van der Waals surface area contributed by atoms with E-state index in [-0.39, 0.29) is 16.9 Å². The van der Waals surface area contributed by atoms with Gasteiger partial charge < -0.3 is 15.0 Å². The van der Waals surface area contributed by atoms with Crippen LogP contribution in [0.3, 0.4) is 0 Å². The van der Waals surface area contributed by atoms with E-state index in [0.717, 1.165) is 43.0 Å². The fourth-order valence-electron chi connectivity index (χ4n) is 5.75. The molecule has 2 saturated carbocycles. The average molecular weight is 515 g/mol. The Balaban J connectivity index is 1.30. The molecule has 3 unspecified atom stereocenters. The van der Waals surface area contributed by atoms with Crippen molar-refractivity contribution < 1.29 is 22.7 Å². The van der Waals surface area contributed by atoms with Crippen LogP contribution in [0.5, 0.6) is 5.88 Å². The van der Waals surface area contributed by atoms with Gasteiger partial charge in [0, 0.05) is 24.6 Å². The number of carbonyl (C=O) groups is 1. The highest BCUT2D eigenvalue weighted by molar-refractivity contribution is 7.81. The molecule has 4 fully saturated rings. The fourth-order valence-corrected chi connectivity index (χ4v) is 6.22. The lowest BCUT2D eigenvalue weighted by atomic mass is 9.75. The molecule has 36 heavy (non-hydrogen) atoms. The van der Waals surface area contributed by atoms with E-state index in [1.54, 1.807) is 23.2 Å². The van der Waals surface area contributed by atoms with Crippen molar-refractivity contribution in [2.24, 2.45) is 5.92 Å². The molecule has 1 amide bonds. The minimum atomic E-state index is -4.80. The van der Waals surface area contributed by atoms with Crippen LogP contribution in [0.4, 0.5) is 24.5 Å². The van der Waals surface area contributed by atoms with E-state index in [4.69, 9.17) is 22.2 Å². The first-order valence-electron chi connectivity index (χ1n) is 11.7. The Kier molecular flexibility index (Phi) is 5.21. The number of aromatic nitrogens is 2. The first kappa shape index (κ1) is 23.1. The van der Waals surface area contributed by atoms with Gasteiger partial charge >= 0.3 is 6.18 Å². The van der Waals surface area contributed by atoms with Crippen molar-refractivity contribution in [3.05, 3.63) is 41.9 Å². The second-order valence-electron chi connectivity index (χ2n) is 9.69. The number of amides is 1. The summed E-state index contributed by atoms with van der Waals surface area (Å²) in [6.45, 7) is 0.941. The number of alkyl halides is 3. The zero-order chi connectivity index (χ0) is 25.2. The number of ether oxygens (including phenoxy) is 1. The Labute approximate surface area is 210 Å². The van der Waals surface area contributed by atoms with Crippen molar-refractivity contribution in [1.29, 1.82) is 5.26 Å².